The molecule has 2 rings (SSSR count). The van der Waals surface area contributed by atoms with Crippen molar-refractivity contribution >= 4 is 17.8 Å². The first-order valence-electron chi connectivity index (χ1n) is 7.30. The number of rotatable bonds is 5. The molecule has 0 aromatic heterocycles. The molecule has 1 unspecified atom stereocenters. The van der Waals surface area contributed by atoms with Crippen LogP contribution in [0.25, 0.3) is 0 Å². The first kappa shape index (κ1) is 14.8. The Balaban J connectivity index is 1.74. The summed E-state index contributed by atoms with van der Waals surface area (Å²) in [7, 11) is 0. The van der Waals surface area contributed by atoms with Gasteiger partial charge in [-0.05, 0) is 24.7 Å². The molecule has 2 aliphatic rings. The van der Waals surface area contributed by atoms with E-state index < -0.39 is 17.8 Å². The highest BCUT2D eigenvalue weighted by Crippen LogP contribution is 2.31. The maximum Gasteiger partial charge on any atom is 0.310 e. The fourth-order valence-electron chi connectivity index (χ4n) is 2.93. The topological polar surface area (TPSA) is 72.5 Å². The molecule has 5 heteroatoms. The summed E-state index contributed by atoms with van der Waals surface area (Å²) >= 11 is 0. The summed E-state index contributed by atoms with van der Waals surface area (Å²) in [5.74, 6) is -0.203. The van der Waals surface area contributed by atoms with E-state index in [4.69, 9.17) is 4.74 Å². The molecule has 110 valence electrons. The second-order valence-electron chi connectivity index (χ2n) is 5.65. The predicted octanol–water partition coefficient (Wildman–Crippen LogP) is 1.72. The Morgan fingerprint density at radius 2 is 2.10 bits per heavy atom. The van der Waals surface area contributed by atoms with Crippen LogP contribution in [0.1, 0.15) is 45.4 Å². The van der Waals surface area contributed by atoms with Crippen LogP contribution in [-0.4, -0.2) is 24.4 Å². The van der Waals surface area contributed by atoms with E-state index >= 15 is 0 Å². The molecular formula is C15H21NO4. The molecule has 0 aromatic rings. The van der Waals surface area contributed by atoms with Gasteiger partial charge in [0.1, 0.15) is 0 Å². The van der Waals surface area contributed by atoms with Gasteiger partial charge in [0.05, 0.1) is 13.0 Å². The van der Waals surface area contributed by atoms with Gasteiger partial charge in [-0.3, -0.25) is 19.7 Å². The van der Waals surface area contributed by atoms with Gasteiger partial charge in [0.2, 0.25) is 0 Å². The van der Waals surface area contributed by atoms with Crippen LogP contribution >= 0.6 is 0 Å². The average Bonchev–Trinajstić information content (AvgIpc) is 2.75. The summed E-state index contributed by atoms with van der Waals surface area (Å²) in [6.07, 6.45) is 6.91. The fourth-order valence-corrected chi connectivity index (χ4v) is 2.93. The fraction of sp³-hybridized carbons (Fsp3) is 0.667. The third-order valence-electron chi connectivity index (χ3n) is 4.12. The molecule has 20 heavy (non-hydrogen) atoms. The van der Waals surface area contributed by atoms with Crippen LogP contribution in [0.2, 0.25) is 0 Å². The lowest BCUT2D eigenvalue weighted by Gasteiger charge is -2.27. The van der Waals surface area contributed by atoms with Gasteiger partial charge in [-0.15, -0.1) is 0 Å². The van der Waals surface area contributed by atoms with E-state index in [2.05, 4.69) is 12.2 Å². The Kier molecular flexibility index (Phi) is 4.93. The van der Waals surface area contributed by atoms with Crippen LogP contribution in [-0.2, 0) is 19.1 Å². The summed E-state index contributed by atoms with van der Waals surface area (Å²) in [6, 6.07) is 0. The number of imide groups is 1. The van der Waals surface area contributed by atoms with Gasteiger partial charge in [0, 0.05) is 11.6 Å². The molecule has 5 nitrogen and oxygen atoms in total. The lowest BCUT2D eigenvalue weighted by atomic mass is 9.80. The molecule has 1 aliphatic heterocycles. The number of carbonyl (C=O) groups excluding carboxylic acids is 3. The minimum Gasteiger partial charge on any atom is -0.465 e. The van der Waals surface area contributed by atoms with Crippen LogP contribution in [0, 0.1) is 11.8 Å². The van der Waals surface area contributed by atoms with Crippen molar-refractivity contribution in [2.24, 2.45) is 11.8 Å². The summed E-state index contributed by atoms with van der Waals surface area (Å²) in [4.78, 5) is 33.9. The third kappa shape index (κ3) is 3.92. The van der Waals surface area contributed by atoms with Crippen LogP contribution in [0.4, 0.5) is 0 Å². The number of hydrogen-bond acceptors (Lipinski definition) is 4. The lowest BCUT2D eigenvalue weighted by molar-refractivity contribution is -0.145. The van der Waals surface area contributed by atoms with E-state index in [0.717, 1.165) is 24.8 Å². The molecule has 1 saturated carbocycles. The van der Waals surface area contributed by atoms with Crippen molar-refractivity contribution in [2.75, 3.05) is 6.61 Å². The van der Waals surface area contributed by atoms with Crippen LogP contribution in [0.3, 0.4) is 0 Å². The Bertz CT molecular complexity index is 441. The minimum atomic E-state index is -0.490. The number of esters is 1. The zero-order chi connectivity index (χ0) is 14.5. The molecule has 0 aromatic carbocycles. The molecule has 1 heterocycles. The minimum absolute atomic E-state index is 0.124. The quantitative estimate of drug-likeness (QED) is 0.614. The summed E-state index contributed by atoms with van der Waals surface area (Å²) in [6.45, 7) is 2.62. The number of ether oxygens (including phenoxy) is 1. The summed E-state index contributed by atoms with van der Waals surface area (Å²) < 4.78 is 5.25. The van der Waals surface area contributed by atoms with Crippen molar-refractivity contribution in [3.05, 3.63) is 11.6 Å². The molecular weight excluding hydrogens is 258 g/mol. The Labute approximate surface area is 118 Å². The molecule has 0 radical (unpaired) electrons. The Morgan fingerprint density at radius 1 is 1.35 bits per heavy atom. The first-order valence-corrected chi connectivity index (χ1v) is 7.30. The van der Waals surface area contributed by atoms with Crippen molar-refractivity contribution < 1.29 is 19.1 Å². The molecule has 1 fully saturated rings. The van der Waals surface area contributed by atoms with Gasteiger partial charge < -0.3 is 4.74 Å². The second-order valence-corrected chi connectivity index (χ2v) is 5.65. The van der Waals surface area contributed by atoms with Gasteiger partial charge in [0.15, 0.2) is 0 Å². The van der Waals surface area contributed by atoms with E-state index in [9.17, 15) is 14.4 Å². The molecule has 0 saturated heterocycles. The van der Waals surface area contributed by atoms with Crippen molar-refractivity contribution in [2.45, 2.75) is 45.4 Å². The SMILES string of the molecule is CCC1CCC[C@H](COC(=O)CC2=CC(=O)NC2=O)C1. The zero-order valence-corrected chi connectivity index (χ0v) is 11.8. The van der Waals surface area contributed by atoms with E-state index in [-0.39, 0.29) is 12.0 Å². The largest absolute Gasteiger partial charge is 0.465 e. The summed E-state index contributed by atoms with van der Waals surface area (Å²) in [5, 5.41) is 2.11. The van der Waals surface area contributed by atoms with Crippen LogP contribution in [0.5, 0.6) is 0 Å². The maximum atomic E-state index is 11.7. The molecule has 2 atom stereocenters. The van der Waals surface area contributed by atoms with Crippen molar-refractivity contribution in [3.63, 3.8) is 0 Å². The lowest BCUT2D eigenvalue weighted by Crippen LogP contribution is -2.24. The number of carbonyl (C=O) groups is 3. The smallest absolute Gasteiger partial charge is 0.310 e. The van der Waals surface area contributed by atoms with E-state index in [1.54, 1.807) is 0 Å². The normalized spacial score (nSPS) is 26.1. The first-order chi connectivity index (χ1) is 9.58. The number of hydrogen-bond donors (Lipinski definition) is 1. The van der Waals surface area contributed by atoms with Gasteiger partial charge in [0.25, 0.3) is 11.8 Å². The molecule has 1 N–H and O–H groups in total. The molecule has 0 spiro atoms. The highest BCUT2D eigenvalue weighted by molar-refractivity contribution is 6.17. The maximum absolute atomic E-state index is 11.7. The van der Waals surface area contributed by atoms with Gasteiger partial charge in [-0.2, -0.15) is 0 Å². The van der Waals surface area contributed by atoms with Gasteiger partial charge >= 0.3 is 5.97 Å². The monoisotopic (exact) mass is 279 g/mol. The standard InChI is InChI=1S/C15H21NO4/c1-2-10-4-3-5-11(6-10)9-20-14(18)8-12-7-13(17)16-15(12)19/h7,10-11H,2-6,8-9H2,1H3,(H,16,17,19)/t10?,11-/m0/s1. The highest BCUT2D eigenvalue weighted by Gasteiger charge is 2.25. The van der Waals surface area contributed by atoms with E-state index in [1.807, 2.05) is 0 Å². The predicted molar refractivity (Wildman–Crippen MR) is 72.5 cm³/mol. The molecule has 1 aliphatic carbocycles. The van der Waals surface area contributed by atoms with Crippen molar-refractivity contribution in [3.8, 4) is 0 Å². The van der Waals surface area contributed by atoms with Crippen LogP contribution < -0.4 is 5.32 Å². The van der Waals surface area contributed by atoms with Crippen molar-refractivity contribution in [1.82, 2.24) is 5.32 Å². The second kappa shape index (κ2) is 6.68. The average molecular weight is 279 g/mol. The third-order valence-corrected chi connectivity index (χ3v) is 4.12. The Morgan fingerprint density at radius 3 is 2.75 bits per heavy atom. The van der Waals surface area contributed by atoms with Crippen LogP contribution in [0.15, 0.2) is 11.6 Å². The zero-order valence-electron chi connectivity index (χ0n) is 11.8. The van der Waals surface area contributed by atoms with E-state index in [0.29, 0.717) is 12.5 Å². The van der Waals surface area contributed by atoms with Gasteiger partial charge in [-0.25, -0.2) is 0 Å². The van der Waals surface area contributed by atoms with Gasteiger partial charge in [-0.1, -0.05) is 26.2 Å². The molecule has 2 amide bonds. The Hall–Kier alpha value is -1.65. The summed E-state index contributed by atoms with van der Waals surface area (Å²) in [5.41, 5.74) is 0.190. The molecule has 0 bridgehead atoms. The number of nitrogens with one attached hydrogen (secondary N) is 1. The highest BCUT2D eigenvalue weighted by atomic mass is 16.5. The number of amides is 2. The van der Waals surface area contributed by atoms with E-state index in [1.165, 1.54) is 19.3 Å². The van der Waals surface area contributed by atoms with Crippen molar-refractivity contribution in [1.29, 1.82) is 0 Å².